The zero-order valence-corrected chi connectivity index (χ0v) is 8.48. The lowest BCUT2D eigenvalue weighted by Crippen LogP contribution is -1.86. The van der Waals surface area contributed by atoms with Crippen molar-refractivity contribution in [1.82, 2.24) is 0 Å². The average Bonchev–Trinajstić information content (AvgIpc) is 2.09. The van der Waals surface area contributed by atoms with E-state index < -0.39 is 0 Å². The number of unbranched alkanes of at least 4 members (excludes halogenated alkanes) is 1. The van der Waals surface area contributed by atoms with Crippen molar-refractivity contribution in [2.45, 2.75) is 19.3 Å². The molecule has 0 amide bonds. The summed E-state index contributed by atoms with van der Waals surface area (Å²) in [5.41, 5.74) is 1.22. The Kier molecular flexibility index (Phi) is 4.30. The third-order valence-corrected chi connectivity index (χ3v) is 2.32. The van der Waals surface area contributed by atoms with Crippen molar-refractivity contribution in [1.29, 1.82) is 0 Å². The molecule has 0 atom stereocenters. The number of aryl methyl sites for hydroxylation is 1. The van der Waals surface area contributed by atoms with Crippen molar-refractivity contribution in [2.24, 2.45) is 0 Å². The first-order valence-corrected chi connectivity index (χ1v) is 5.25. The summed E-state index contributed by atoms with van der Waals surface area (Å²) in [4.78, 5) is 0. The molecule has 66 valence electrons. The maximum atomic E-state index is 12.5. The van der Waals surface area contributed by atoms with Crippen LogP contribution in [0.3, 0.4) is 0 Å². The molecule has 0 aliphatic heterocycles. The molecule has 1 rings (SSSR count). The Morgan fingerprint density at radius 1 is 1.08 bits per heavy atom. The van der Waals surface area contributed by atoms with Gasteiger partial charge in [-0.15, -0.1) is 0 Å². The van der Waals surface area contributed by atoms with Crippen LogP contribution in [0.1, 0.15) is 18.4 Å². The van der Waals surface area contributed by atoms with E-state index in [1.807, 2.05) is 12.1 Å². The van der Waals surface area contributed by atoms with Gasteiger partial charge in [0.2, 0.25) is 0 Å². The third-order valence-electron chi connectivity index (χ3n) is 1.76. The Bertz CT molecular complexity index is 218. The maximum absolute atomic E-state index is 12.5. The SMILES string of the molecule is Fc1ccc(CCCCBr)cc1. The van der Waals surface area contributed by atoms with Gasteiger partial charge in [0.1, 0.15) is 5.82 Å². The molecule has 0 saturated heterocycles. The zero-order chi connectivity index (χ0) is 8.81. The molecule has 0 saturated carbocycles. The van der Waals surface area contributed by atoms with E-state index in [2.05, 4.69) is 15.9 Å². The number of hydrogen-bond donors (Lipinski definition) is 0. The van der Waals surface area contributed by atoms with Gasteiger partial charge in [-0.05, 0) is 37.0 Å². The molecule has 0 spiro atoms. The summed E-state index contributed by atoms with van der Waals surface area (Å²) in [6.45, 7) is 0. The number of rotatable bonds is 4. The molecule has 1 aromatic rings. The quantitative estimate of drug-likeness (QED) is 0.549. The van der Waals surface area contributed by atoms with Crippen molar-refractivity contribution < 1.29 is 4.39 Å². The Balaban J connectivity index is 2.37. The normalized spacial score (nSPS) is 10.2. The lowest BCUT2D eigenvalue weighted by atomic mass is 10.1. The molecular formula is C10H12BrF. The molecular weight excluding hydrogens is 219 g/mol. The van der Waals surface area contributed by atoms with Gasteiger partial charge in [0.15, 0.2) is 0 Å². The van der Waals surface area contributed by atoms with Crippen LogP contribution in [0.5, 0.6) is 0 Å². The fourth-order valence-electron chi connectivity index (χ4n) is 1.07. The van der Waals surface area contributed by atoms with Crippen LogP contribution in [0.15, 0.2) is 24.3 Å². The first-order chi connectivity index (χ1) is 5.83. The highest BCUT2D eigenvalue weighted by Gasteiger charge is 1.93. The molecule has 0 radical (unpaired) electrons. The van der Waals surface area contributed by atoms with Crippen LogP contribution in [0.2, 0.25) is 0 Å². The highest BCUT2D eigenvalue weighted by molar-refractivity contribution is 9.09. The molecule has 0 nitrogen and oxygen atoms in total. The fraction of sp³-hybridized carbons (Fsp3) is 0.400. The van der Waals surface area contributed by atoms with E-state index in [1.54, 1.807) is 0 Å². The zero-order valence-electron chi connectivity index (χ0n) is 6.89. The van der Waals surface area contributed by atoms with Crippen LogP contribution in [0.25, 0.3) is 0 Å². The number of hydrogen-bond acceptors (Lipinski definition) is 0. The van der Waals surface area contributed by atoms with Gasteiger partial charge in [0, 0.05) is 5.33 Å². The minimum Gasteiger partial charge on any atom is -0.207 e. The van der Waals surface area contributed by atoms with E-state index in [-0.39, 0.29) is 5.82 Å². The van der Waals surface area contributed by atoms with Gasteiger partial charge in [-0.2, -0.15) is 0 Å². The van der Waals surface area contributed by atoms with Gasteiger partial charge in [-0.25, -0.2) is 4.39 Å². The number of benzene rings is 1. The Labute approximate surface area is 80.9 Å². The molecule has 0 heterocycles. The second-order valence-electron chi connectivity index (χ2n) is 2.77. The molecule has 0 fully saturated rings. The van der Waals surface area contributed by atoms with Crippen molar-refractivity contribution >= 4 is 15.9 Å². The molecule has 12 heavy (non-hydrogen) atoms. The molecule has 0 N–H and O–H groups in total. The summed E-state index contributed by atoms with van der Waals surface area (Å²) in [6.07, 6.45) is 3.39. The van der Waals surface area contributed by atoms with Gasteiger partial charge in [-0.1, -0.05) is 28.1 Å². The first-order valence-electron chi connectivity index (χ1n) is 4.13. The smallest absolute Gasteiger partial charge is 0.123 e. The predicted octanol–water partition coefficient (Wildman–Crippen LogP) is 3.54. The summed E-state index contributed by atoms with van der Waals surface area (Å²) < 4.78 is 12.5. The van der Waals surface area contributed by atoms with Crippen LogP contribution in [0.4, 0.5) is 4.39 Å². The minimum absolute atomic E-state index is 0.153. The maximum Gasteiger partial charge on any atom is 0.123 e. The summed E-state index contributed by atoms with van der Waals surface area (Å²) >= 11 is 3.37. The van der Waals surface area contributed by atoms with E-state index >= 15 is 0 Å². The van der Waals surface area contributed by atoms with E-state index in [4.69, 9.17) is 0 Å². The summed E-state index contributed by atoms with van der Waals surface area (Å²) in [5.74, 6) is -0.153. The molecule has 0 aliphatic carbocycles. The van der Waals surface area contributed by atoms with E-state index in [0.717, 1.165) is 18.2 Å². The summed E-state index contributed by atoms with van der Waals surface area (Å²) in [7, 11) is 0. The first kappa shape index (κ1) is 9.72. The molecule has 1 aromatic carbocycles. The molecule has 0 unspecified atom stereocenters. The van der Waals surface area contributed by atoms with Gasteiger partial charge in [-0.3, -0.25) is 0 Å². The van der Waals surface area contributed by atoms with Gasteiger partial charge in [0.05, 0.1) is 0 Å². The number of halogens is 2. The van der Waals surface area contributed by atoms with Gasteiger partial charge in [0.25, 0.3) is 0 Å². The monoisotopic (exact) mass is 230 g/mol. The molecule has 0 aliphatic rings. The van der Waals surface area contributed by atoms with E-state index in [0.29, 0.717) is 0 Å². The Morgan fingerprint density at radius 2 is 1.75 bits per heavy atom. The van der Waals surface area contributed by atoms with Crippen molar-refractivity contribution in [3.05, 3.63) is 35.6 Å². The fourth-order valence-corrected chi connectivity index (χ4v) is 1.47. The summed E-state index contributed by atoms with van der Waals surface area (Å²) in [5, 5.41) is 1.05. The molecule has 2 heteroatoms. The van der Waals surface area contributed by atoms with Gasteiger partial charge < -0.3 is 0 Å². The van der Waals surface area contributed by atoms with E-state index in [9.17, 15) is 4.39 Å². The predicted molar refractivity (Wildman–Crippen MR) is 53.1 cm³/mol. The van der Waals surface area contributed by atoms with Crippen LogP contribution in [0, 0.1) is 5.82 Å². The summed E-state index contributed by atoms with van der Waals surface area (Å²) in [6, 6.07) is 6.74. The van der Waals surface area contributed by atoms with Crippen molar-refractivity contribution in [2.75, 3.05) is 5.33 Å². The lowest BCUT2D eigenvalue weighted by molar-refractivity contribution is 0.626. The minimum atomic E-state index is -0.153. The van der Waals surface area contributed by atoms with Crippen molar-refractivity contribution in [3.8, 4) is 0 Å². The molecule has 0 bridgehead atoms. The van der Waals surface area contributed by atoms with E-state index in [1.165, 1.54) is 24.1 Å². The third kappa shape index (κ3) is 3.35. The topological polar surface area (TPSA) is 0 Å². The molecule has 0 aromatic heterocycles. The number of alkyl halides is 1. The Hall–Kier alpha value is -0.370. The second-order valence-corrected chi connectivity index (χ2v) is 3.57. The highest BCUT2D eigenvalue weighted by atomic mass is 79.9. The van der Waals surface area contributed by atoms with Crippen LogP contribution in [-0.2, 0) is 6.42 Å². The lowest BCUT2D eigenvalue weighted by Gasteiger charge is -1.98. The van der Waals surface area contributed by atoms with Crippen LogP contribution in [-0.4, -0.2) is 5.33 Å². The Morgan fingerprint density at radius 3 is 2.33 bits per heavy atom. The van der Waals surface area contributed by atoms with Crippen LogP contribution >= 0.6 is 15.9 Å². The average molecular weight is 231 g/mol. The second kappa shape index (κ2) is 5.31. The standard InChI is InChI=1S/C10H12BrF/c11-8-2-1-3-9-4-6-10(12)7-5-9/h4-7H,1-3,8H2. The highest BCUT2D eigenvalue weighted by Crippen LogP contribution is 2.07. The largest absolute Gasteiger partial charge is 0.207 e. The van der Waals surface area contributed by atoms with Crippen LogP contribution < -0.4 is 0 Å². The van der Waals surface area contributed by atoms with Crippen molar-refractivity contribution in [3.63, 3.8) is 0 Å². The van der Waals surface area contributed by atoms with Gasteiger partial charge >= 0.3 is 0 Å².